The van der Waals surface area contributed by atoms with Gasteiger partial charge in [-0.15, -0.1) is 0 Å². The van der Waals surface area contributed by atoms with E-state index in [1.165, 1.54) is 6.42 Å². The molecule has 0 unspecified atom stereocenters. The van der Waals surface area contributed by atoms with Crippen molar-refractivity contribution in [2.75, 3.05) is 13.2 Å². The molecule has 2 aromatic rings. The van der Waals surface area contributed by atoms with Crippen LogP contribution in [-0.4, -0.2) is 25.0 Å². The van der Waals surface area contributed by atoms with Gasteiger partial charge in [0.1, 0.15) is 11.5 Å². The average molecular weight is 413 g/mol. The van der Waals surface area contributed by atoms with Gasteiger partial charge >= 0.3 is 0 Å². The molecule has 162 valence electrons. The van der Waals surface area contributed by atoms with Crippen LogP contribution in [0, 0.1) is 0 Å². The SMILES string of the molecule is CCCCCCOc1ccccc1C(=O)NNC(=O)COc1ccccc1C(C)C. The van der Waals surface area contributed by atoms with Crippen molar-refractivity contribution in [3.63, 3.8) is 0 Å². The molecule has 0 saturated heterocycles. The molecular formula is C24H32N2O4. The van der Waals surface area contributed by atoms with Crippen LogP contribution in [0.25, 0.3) is 0 Å². The van der Waals surface area contributed by atoms with Crippen molar-refractivity contribution in [2.24, 2.45) is 0 Å². The van der Waals surface area contributed by atoms with Crippen LogP contribution in [0.5, 0.6) is 11.5 Å². The van der Waals surface area contributed by atoms with E-state index in [1.54, 1.807) is 18.2 Å². The molecule has 0 atom stereocenters. The molecule has 0 fully saturated rings. The van der Waals surface area contributed by atoms with E-state index in [4.69, 9.17) is 9.47 Å². The van der Waals surface area contributed by atoms with E-state index < -0.39 is 11.8 Å². The van der Waals surface area contributed by atoms with Gasteiger partial charge in [0.2, 0.25) is 0 Å². The molecule has 0 spiro atoms. The standard InChI is InChI=1S/C24H32N2O4/c1-4-5-6-11-16-29-22-15-10-8-13-20(22)24(28)26-25-23(27)17-30-21-14-9-7-12-19(21)18(2)3/h7-10,12-15,18H,4-6,11,16-17H2,1-3H3,(H,25,27)(H,26,28). The van der Waals surface area contributed by atoms with Gasteiger partial charge in [-0.3, -0.25) is 20.4 Å². The predicted octanol–water partition coefficient (Wildman–Crippen LogP) is 4.61. The Hall–Kier alpha value is -3.02. The van der Waals surface area contributed by atoms with Crippen LogP contribution in [0.2, 0.25) is 0 Å². The maximum atomic E-state index is 12.5. The monoisotopic (exact) mass is 412 g/mol. The van der Waals surface area contributed by atoms with E-state index in [-0.39, 0.29) is 12.5 Å². The predicted molar refractivity (Wildman–Crippen MR) is 118 cm³/mol. The Morgan fingerprint density at radius 3 is 2.30 bits per heavy atom. The van der Waals surface area contributed by atoms with Crippen molar-refractivity contribution in [1.29, 1.82) is 0 Å². The third-order valence-electron chi connectivity index (χ3n) is 4.60. The van der Waals surface area contributed by atoms with Gasteiger partial charge in [0.15, 0.2) is 6.61 Å². The van der Waals surface area contributed by atoms with Gasteiger partial charge in [-0.1, -0.05) is 70.4 Å². The summed E-state index contributed by atoms with van der Waals surface area (Å²) >= 11 is 0. The summed E-state index contributed by atoms with van der Waals surface area (Å²) < 4.78 is 11.4. The van der Waals surface area contributed by atoms with Crippen molar-refractivity contribution in [3.8, 4) is 11.5 Å². The second-order valence-electron chi connectivity index (χ2n) is 7.39. The molecule has 6 heteroatoms. The largest absolute Gasteiger partial charge is 0.493 e. The molecule has 0 aliphatic heterocycles. The van der Waals surface area contributed by atoms with Crippen LogP contribution in [-0.2, 0) is 4.79 Å². The van der Waals surface area contributed by atoms with Gasteiger partial charge in [-0.05, 0) is 36.1 Å². The summed E-state index contributed by atoms with van der Waals surface area (Å²) in [6, 6.07) is 14.6. The molecule has 30 heavy (non-hydrogen) atoms. The fourth-order valence-electron chi connectivity index (χ4n) is 2.95. The van der Waals surface area contributed by atoms with E-state index in [0.717, 1.165) is 24.8 Å². The molecule has 2 rings (SSSR count). The summed E-state index contributed by atoms with van der Waals surface area (Å²) in [5.74, 6) is 0.566. The van der Waals surface area contributed by atoms with E-state index in [0.29, 0.717) is 23.7 Å². The van der Waals surface area contributed by atoms with E-state index >= 15 is 0 Å². The number of carbonyl (C=O) groups is 2. The smallest absolute Gasteiger partial charge is 0.276 e. The highest BCUT2D eigenvalue weighted by Crippen LogP contribution is 2.25. The second-order valence-corrected chi connectivity index (χ2v) is 7.39. The Bertz CT molecular complexity index is 820. The van der Waals surface area contributed by atoms with Crippen molar-refractivity contribution in [3.05, 3.63) is 59.7 Å². The fourth-order valence-corrected chi connectivity index (χ4v) is 2.95. The molecule has 0 aliphatic rings. The number of benzene rings is 2. The molecule has 0 heterocycles. The minimum absolute atomic E-state index is 0.195. The number of para-hydroxylation sites is 2. The summed E-state index contributed by atoms with van der Waals surface area (Å²) in [5.41, 5.74) is 6.22. The van der Waals surface area contributed by atoms with E-state index in [9.17, 15) is 9.59 Å². The van der Waals surface area contributed by atoms with Crippen LogP contribution < -0.4 is 20.3 Å². The molecular weight excluding hydrogens is 380 g/mol. The number of hydrogen-bond acceptors (Lipinski definition) is 4. The van der Waals surface area contributed by atoms with Crippen LogP contribution in [0.1, 0.15) is 68.3 Å². The molecule has 6 nitrogen and oxygen atoms in total. The molecule has 0 radical (unpaired) electrons. The summed E-state index contributed by atoms with van der Waals surface area (Å²) in [4.78, 5) is 24.6. The minimum atomic E-state index is -0.445. The Kier molecular flexibility index (Phi) is 9.71. The van der Waals surface area contributed by atoms with Crippen LogP contribution in [0.15, 0.2) is 48.5 Å². The molecule has 0 aromatic heterocycles. The summed E-state index contributed by atoms with van der Waals surface area (Å²) in [6.07, 6.45) is 4.36. The second kappa shape index (κ2) is 12.5. The molecule has 2 aromatic carbocycles. The highest BCUT2D eigenvalue weighted by atomic mass is 16.5. The van der Waals surface area contributed by atoms with Gasteiger partial charge < -0.3 is 9.47 Å². The summed E-state index contributed by atoms with van der Waals surface area (Å²) in [7, 11) is 0. The fraction of sp³-hybridized carbons (Fsp3) is 0.417. The third kappa shape index (κ3) is 7.43. The molecule has 2 amide bonds. The number of hydrazine groups is 1. The lowest BCUT2D eigenvalue weighted by atomic mass is 10.0. The van der Waals surface area contributed by atoms with Gasteiger partial charge in [0.25, 0.3) is 11.8 Å². The molecule has 0 saturated carbocycles. The lowest BCUT2D eigenvalue weighted by Crippen LogP contribution is -2.44. The Morgan fingerprint density at radius 2 is 1.57 bits per heavy atom. The van der Waals surface area contributed by atoms with Crippen molar-refractivity contribution in [1.82, 2.24) is 10.9 Å². The number of hydrogen-bond donors (Lipinski definition) is 2. The van der Waals surface area contributed by atoms with E-state index in [1.807, 2.05) is 30.3 Å². The number of carbonyl (C=O) groups excluding carboxylic acids is 2. The highest BCUT2D eigenvalue weighted by molar-refractivity contribution is 5.97. The van der Waals surface area contributed by atoms with Crippen LogP contribution >= 0.6 is 0 Å². The quantitative estimate of drug-likeness (QED) is 0.417. The Morgan fingerprint density at radius 1 is 0.867 bits per heavy atom. The Labute approximate surface area is 178 Å². The van der Waals surface area contributed by atoms with Crippen molar-refractivity contribution < 1.29 is 19.1 Å². The summed E-state index contributed by atoms with van der Waals surface area (Å²) in [5, 5.41) is 0. The van der Waals surface area contributed by atoms with Crippen molar-refractivity contribution >= 4 is 11.8 Å². The van der Waals surface area contributed by atoms with Gasteiger partial charge in [-0.25, -0.2) is 0 Å². The first-order chi connectivity index (χ1) is 14.5. The first-order valence-electron chi connectivity index (χ1n) is 10.6. The van der Waals surface area contributed by atoms with E-state index in [2.05, 4.69) is 31.6 Å². The zero-order chi connectivity index (χ0) is 21.8. The van der Waals surface area contributed by atoms with Crippen LogP contribution in [0.4, 0.5) is 0 Å². The minimum Gasteiger partial charge on any atom is -0.493 e. The number of rotatable bonds is 11. The van der Waals surface area contributed by atoms with Gasteiger partial charge in [0, 0.05) is 0 Å². The molecule has 2 N–H and O–H groups in total. The van der Waals surface area contributed by atoms with Crippen LogP contribution in [0.3, 0.4) is 0 Å². The average Bonchev–Trinajstić information content (AvgIpc) is 2.76. The first kappa shape index (κ1) is 23.3. The number of amides is 2. The summed E-state index contributed by atoms with van der Waals surface area (Å²) in [6.45, 7) is 6.64. The molecule has 0 bridgehead atoms. The zero-order valence-electron chi connectivity index (χ0n) is 18.1. The maximum Gasteiger partial charge on any atom is 0.276 e. The zero-order valence-corrected chi connectivity index (χ0v) is 18.1. The topological polar surface area (TPSA) is 76.7 Å². The number of nitrogens with one attached hydrogen (secondary N) is 2. The first-order valence-corrected chi connectivity index (χ1v) is 10.6. The maximum absolute atomic E-state index is 12.5. The third-order valence-corrected chi connectivity index (χ3v) is 4.60. The van der Waals surface area contributed by atoms with Gasteiger partial charge in [0.05, 0.1) is 12.2 Å². The lowest BCUT2D eigenvalue weighted by molar-refractivity contribution is -0.123. The Balaban J connectivity index is 1.83. The van der Waals surface area contributed by atoms with Gasteiger partial charge in [-0.2, -0.15) is 0 Å². The molecule has 0 aliphatic carbocycles. The number of unbranched alkanes of at least 4 members (excludes halogenated alkanes) is 3. The highest BCUT2D eigenvalue weighted by Gasteiger charge is 2.14. The lowest BCUT2D eigenvalue weighted by Gasteiger charge is -2.14. The number of ether oxygens (including phenoxy) is 2. The normalized spacial score (nSPS) is 10.5. The van der Waals surface area contributed by atoms with Crippen molar-refractivity contribution in [2.45, 2.75) is 52.4 Å².